The van der Waals surface area contributed by atoms with Crippen LogP contribution in [0.5, 0.6) is 0 Å². The predicted octanol–water partition coefficient (Wildman–Crippen LogP) is 2.17. The fourth-order valence-corrected chi connectivity index (χ4v) is 4.21. The largest absolute Gasteiger partial charge is 0.329 e. The summed E-state index contributed by atoms with van der Waals surface area (Å²) in [7, 11) is 2.23. The summed E-state index contributed by atoms with van der Waals surface area (Å²) in [5.41, 5.74) is 6.56. The summed E-state index contributed by atoms with van der Waals surface area (Å²) < 4.78 is 0. The highest BCUT2D eigenvalue weighted by Crippen LogP contribution is 2.39. The van der Waals surface area contributed by atoms with Crippen molar-refractivity contribution in [1.82, 2.24) is 9.80 Å². The quantitative estimate of drug-likeness (QED) is 0.847. The number of hydrogen-bond acceptors (Lipinski definition) is 3. The summed E-state index contributed by atoms with van der Waals surface area (Å²) >= 11 is 0. The van der Waals surface area contributed by atoms with Gasteiger partial charge in [0.25, 0.3) is 0 Å². The molecule has 3 heteroatoms. The molecular weight excluding hydrogens is 234 g/mol. The summed E-state index contributed by atoms with van der Waals surface area (Å²) in [5.74, 6) is 1.73. The van der Waals surface area contributed by atoms with Crippen LogP contribution in [-0.2, 0) is 0 Å². The van der Waals surface area contributed by atoms with E-state index >= 15 is 0 Å². The Kier molecular flexibility index (Phi) is 5.27. The van der Waals surface area contributed by atoms with Gasteiger partial charge in [-0.25, -0.2) is 0 Å². The molecule has 1 aliphatic heterocycles. The van der Waals surface area contributed by atoms with E-state index in [1.54, 1.807) is 0 Å². The molecule has 1 saturated carbocycles. The van der Waals surface area contributed by atoms with Crippen LogP contribution >= 0.6 is 0 Å². The molecule has 2 atom stereocenters. The molecule has 3 nitrogen and oxygen atoms in total. The molecule has 1 heterocycles. The van der Waals surface area contributed by atoms with Crippen molar-refractivity contribution in [2.24, 2.45) is 17.6 Å². The Morgan fingerprint density at radius 1 is 1.21 bits per heavy atom. The van der Waals surface area contributed by atoms with Gasteiger partial charge >= 0.3 is 0 Å². The molecule has 0 aromatic heterocycles. The Bertz CT molecular complexity index is 271. The number of hydrogen-bond donors (Lipinski definition) is 1. The summed E-state index contributed by atoms with van der Waals surface area (Å²) in [5, 5.41) is 0. The first-order valence-corrected chi connectivity index (χ1v) is 8.19. The van der Waals surface area contributed by atoms with Crippen LogP contribution in [0.15, 0.2) is 0 Å². The molecule has 0 aromatic carbocycles. The Labute approximate surface area is 119 Å². The Hall–Kier alpha value is -0.120. The van der Waals surface area contributed by atoms with Gasteiger partial charge in [0.15, 0.2) is 0 Å². The molecule has 2 unspecified atom stereocenters. The van der Waals surface area contributed by atoms with E-state index in [9.17, 15) is 0 Å². The maximum absolute atomic E-state index is 6.24. The SMILES string of the molecule is CC(C)CC1CCCC(CN)(N2CCN(C)CC2)C1. The number of nitrogens with zero attached hydrogens (tertiary/aromatic N) is 2. The fraction of sp³-hybridized carbons (Fsp3) is 1.00. The molecule has 0 amide bonds. The first-order valence-electron chi connectivity index (χ1n) is 8.19. The molecular formula is C16H33N3. The second kappa shape index (κ2) is 6.55. The van der Waals surface area contributed by atoms with Gasteiger partial charge in [-0.05, 0) is 38.1 Å². The van der Waals surface area contributed by atoms with Gasteiger partial charge in [0, 0.05) is 38.3 Å². The molecule has 19 heavy (non-hydrogen) atoms. The minimum Gasteiger partial charge on any atom is -0.329 e. The monoisotopic (exact) mass is 267 g/mol. The van der Waals surface area contributed by atoms with Crippen molar-refractivity contribution >= 4 is 0 Å². The lowest BCUT2D eigenvalue weighted by atomic mass is 9.72. The third-order valence-electron chi connectivity index (χ3n) is 5.28. The van der Waals surface area contributed by atoms with Crippen molar-refractivity contribution in [1.29, 1.82) is 0 Å². The predicted molar refractivity (Wildman–Crippen MR) is 82.3 cm³/mol. The highest BCUT2D eigenvalue weighted by atomic mass is 15.3. The molecule has 1 aliphatic carbocycles. The lowest BCUT2D eigenvalue weighted by Gasteiger charge is -2.51. The molecule has 112 valence electrons. The first-order chi connectivity index (χ1) is 9.05. The third-order valence-corrected chi connectivity index (χ3v) is 5.28. The normalized spacial score (nSPS) is 34.9. The van der Waals surface area contributed by atoms with Crippen LogP contribution in [0.1, 0.15) is 46.0 Å². The Morgan fingerprint density at radius 2 is 1.89 bits per heavy atom. The standard InChI is InChI=1S/C16H33N3/c1-14(2)11-15-5-4-6-16(12-15,13-17)19-9-7-18(3)8-10-19/h14-15H,4-13,17H2,1-3H3. The van der Waals surface area contributed by atoms with Gasteiger partial charge in [0.1, 0.15) is 0 Å². The lowest BCUT2D eigenvalue weighted by Crippen LogP contribution is -2.61. The molecule has 2 aliphatic rings. The van der Waals surface area contributed by atoms with E-state index in [1.165, 1.54) is 58.3 Å². The van der Waals surface area contributed by atoms with Crippen LogP contribution < -0.4 is 5.73 Å². The second-order valence-corrected chi connectivity index (χ2v) is 7.31. The van der Waals surface area contributed by atoms with E-state index in [-0.39, 0.29) is 0 Å². The van der Waals surface area contributed by atoms with Gasteiger partial charge in [-0.3, -0.25) is 4.90 Å². The van der Waals surface area contributed by atoms with Gasteiger partial charge in [-0.15, -0.1) is 0 Å². The van der Waals surface area contributed by atoms with Crippen molar-refractivity contribution in [2.75, 3.05) is 39.8 Å². The topological polar surface area (TPSA) is 32.5 Å². The highest BCUT2D eigenvalue weighted by molar-refractivity contribution is 4.98. The van der Waals surface area contributed by atoms with E-state index in [0.29, 0.717) is 5.54 Å². The van der Waals surface area contributed by atoms with E-state index in [4.69, 9.17) is 5.73 Å². The van der Waals surface area contributed by atoms with Crippen LogP contribution in [0, 0.1) is 11.8 Å². The maximum atomic E-state index is 6.24. The van der Waals surface area contributed by atoms with Gasteiger partial charge < -0.3 is 10.6 Å². The second-order valence-electron chi connectivity index (χ2n) is 7.31. The van der Waals surface area contributed by atoms with Crippen LogP contribution in [-0.4, -0.2) is 55.1 Å². The third kappa shape index (κ3) is 3.71. The van der Waals surface area contributed by atoms with Crippen molar-refractivity contribution in [2.45, 2.75) is 51.5 Å². The average Bonchev–Trinajstić information content (AvgIpc) is 2.39. The van der Waals surface area contributed by atoms with Crippen molar-refractivity contribution < 1.29 is 0 Å². The summed E-state index contributed by atoms with van der Waals surface area (Å²) in [6.07, 6.45) is 6.84. The minimum atomic E-state index is 0.319. The summed E-state index contributed by atoms with van der Waals surface area (Å²) in [6, 6.07) is 0. The molecule has 2 fully saturated rings. The van der Waals surface area contributed by atoms with Crippen molar-refractivity contribution in [3.05, 3.63) is 0 Å². The summed E-state index contributed by atoms with van der Waals surface area (Å²) in [6.45, 7) is 10.4. The van der Waals surface area contributed by atoms with Crippen molar-refractivity contribution in [3.8, 4) is 0 Å². The lowest BCUT2D eigenvalue weighted by molar-refractivity contribution is 0.00122. The number of likely N-dealkylation sites (N-methyl/N-ethyl adjacent to an activating group) is 1. The smallest absolute Gasteiger partial charge is 0.0335 e. The van der Waals surface area contributed by atoms with Gasteiger partial charge in [-0.1, -0.05) is 26.7 Å². The van der Waals surface area contributed by atoms with Crippen LogP contribution in [0.3, 0.4) is 0 Å². The summed E-state index contributed by atoms with van der Waals surface area (Å²) in [4.78, 5) is 5.16. The molecule has 2 rings (SSSR count). The zero-order chi connectivity index (χ0) is 13.9. The highest BCUT2D eigenvalue weighted by Gasteiger charge is 2.40. The molecule has 0 bridgehead atoms. The van der Waals surface area contributed by atoms with Crippen LogP contribution in [0.25, 0.3) is 0 Å². The van der Waals surface area contributed by atoms with Crippen molar-refractivity contribution in [3.63, 3.8) is 0 Å². The molecule has 0 aromatic rings. The zero-order valence-corrected chi connectivity index (χ0v) is 13.2. The van der Waals surface area contributed by atoms with E-state index in [0.717, 1.165) is 18.4 Å². The average molecular weight is 267 g/mol. The molecule has 0 radical (unpaired) electrons. The Morgan fingerprint density at radius 3 is 2.47 bits per heavy atom. The van der Waals surface area contributed by atoms with E-state index in [2.05, 4.69) is 30.7 Å². The van der Waals surface area contributed by atoms with Gasteiger partial charge in [0.05, 0.1) is 0 Å². The van der Waals surface area contributed by atoms with Gasteiger partial charge in [0.2, 0.25) is 0 Å². The number of rotatable bonds is 4. The van der Waals surface area contributed by atoms with E-state index < -0.39 is 0 Å². The van der Waals surface area contributed by atoms with E-state index in [1.807, 2.05) is 0 Å². The minimum absolute atomic E-state index is 0.319. The van der Waals surface area contributed by atoms with Crippen LogP contribution in [0.4, 0.5) is 0 Å². The number of piperazine rings is 1. The fourth-order valence-electron chi connectivity index (χ4n) is 4.21. The first kappa shape index (κ1) is 15.3. The molecule has 1 saturated heterocycles. The zero-order valence-electron chi connectivity index (χ0n) is 13.2. The van der Waals surface area contributed by atoms with Gasteiger partial charge in [-0.2, -0.15) is 0 Å². The maximum Gasteiger partial charge on any atom is 0.0335 e. The molecule has 0 spiro atoms. The molecule has 2 N–H and O–H groups in total. The Balaban J connectivity index is 2.00. The van der Waals surface area contributed by atoms with Crippen LogP contribution in [0.2, 0.25) is 0 Å². The number of nitrogens with two attached hydrogens (primary N) is 1.